The first kappa shape index (κ1) is 26.7. The first-order valence-electron chi connectivity index (χ1n) is 15.5. The molecular formula is C44H31N. The lowest BCUT2D eigenvalue weighted by Crippen LogP contribution is -2.10. The molecule has 1 nitrogen and oxygen atoms in total. The van der Waals surface area contributed by atoms with Crippen molar-refractivity contribution in [2.75, 3.05) is 4.90 Å². The highest BCUT2D eigenvalue weighted by Crippen LogP contribution is 2.45. The van der Waals surface area contributed by atoms with E-state index < -0.39 is 0 Å². The number of fused-ring (bicyclic) bond motifs is 2. The normalized spacial score (nSPS) is 11.1. The third kappa shape index (κ3) is 4.95. The van der Waals surface area contributed by atoms with Crippen LogP contribution in [0.2, 0.25) is 0 Å². The molecule has 0 amide bonds. The van der Waals surface area contributed by atoms with Crippen LogP contribution < -0.4 is 4.90 Å². The Morgan fingerprint density at radius 3 is 1.51 bits per heavy atom. The maximum Gasteiger partial charge on any atom is 0.0540 e. The van der Waals surface area contributed by atoms with Crippen LogP contribution in [0.5, 0.6) is 0 Å². The van der Waals surface area contributed by atoms with E-state index in [-0.39, 0.29) is 0 Å². The average Bonchev–Trinajstić information content (AvgIpc) is 3.13. The number of hydrogen-bond donors (Lipinski definition) is 0. The molecule has 0 unspecified atom stereocenters. The van der Waals surface area contributed by atoms with Crippen LogP contribution >= 0.6 is 0 Å². The van der Waals surface area contributed by atoms with Gasteiger partial charge in [-0.3, -0.25) is 0 Å². The van der Waals surface area contributed by atoms with Gasteiger partial charge in [-0.05, 0) is 79.9 Å². The quantitative estimate of drug-likeness (QED) is 0.191. The molecule has 0 saturated carbocycles. The lowest BCUT2D eigenvalue weighted by molar-refractivity contribution is 1.30. The van der Waals surface area contributed by atoms with E-state index in [1.807, 2.05) is 0 Å². The summed E-state index contributed by atoms with van der Waals surface area (Å²) in [6, 6.07) is 67.6. The van der Waals surface area contributed by atoms with Crippen molar-refractivity contribution in [2.24, 2.45) is 0 Å². The molecule has 0 aliphatic heterocycles. The van der Waals surface area contributed by atoms with Gasteiger partial charge in [-0.2, -0.15) is 0 Å². The molecular weight excluding hydrogens is 542 g/mol. The van der Waals surface area contributed by atoms with Crippen molar-refractivity contribution in [3.63, 3.8) is 0 Å². The summed E-state index contributed by atoms with van der Waals surface area (Å²) in [6.07, 6.45) is 0. The molecule has 0 N–H and O–H groups in total. The molecule has 0 heterocycles. The largest absolute Gasteiger partial charge is 0.310 e. The average molecular weight is 574 g/mol. The smallest absolute Gasteiger partial charge is 0.0540 e. The first-order valence-corrected chi connectivity index (χ1v) is 15.5. The number of nitrogens with zero attached hydrogens (tertiary/aromatic N) is 1. The van der Waals surface area contributed by atoms with Gasteiger partial charge < -0.3 is 4.90 Å². The van der Waals surface area contributed by atoms with Gasteiger partial charge in [0.05, 0.1) is 5.69 Å². The molecule has 0 radical (unpaired) electrons. The van der Waals surface area contributed by atoms with Crippen molar-refractivity contribution < 1.29 is 0 Å². The molecule has 8 aromatic rings. The van der Waals surface area contributed by atoms with Gasteiger partial charge in [-0.25, -0.2) is 0 Å². The molecule has 0 aliphatic carbocycles. The Labute approximate surface area is 264 Å². The molecule has 0 atom stereocenters. The molecule has 0 aliphatic rings. The number of anilines is 3. The van der Waals surface area contributed by atoms with E-state index in [1.54, 1.807) is 0 Å². The highest BCUT2D eigenvalue weighted by atomic mass is 15.1. The highest BCUT2D eigenvalue weighted by molar-refractivity contribution is 6.11. The van der Waals surface area contributed by atoms with Crippen LogP contribution in [0, 0.1) is 0 Å². The predicted molar refractivity (Wildman–Crippen MR) is 192 cm³/mol. The first-order chi connectivity index (χ1) is 22.3. The molecule has 212 valence electrons. The van der Waals surface area contributed by atoms with E-state index in [1.165, 1.54) is 54.9 Å². The van der Waals surface area contributed by atoms with Crippen LogP contribution in [0.25, 0.3) is 54.9 Å². The van der Waals surface area contributed by atoms with Crippen molar-refractivity contribution in [1.29, 1.82) is 0 Å². The van der Waals surface area contributed by atoms with Gasteiger partial charge in [-0.1, -0.05) is 158 Å². The second-order valence-electron chi connectivity index (χ2n) is 11.3. The number of hydrogen-bond acceptors (Lipinski definition) is 1. The topological polar surface area (TPSA) is 3.24 Å². The molecule has 0 fully saturated rings. The van der Waals surface area contributed by atoms with E-state index in [2.05, 4.69) is 193 Å². The summed E-state index contributed by atoms with van der Waals surface area (Å²) < 4.78 is 0. The Hall–Kier alpha value is -5.92. The monoisotopic (exact) mass is 573 g/mol. The summed E-state index contributed by atoms with van der Waals surface area (Å²) >= 11 is 0. The second-order valence-corrected chi connectivity index (χ2v) is 11.3. The van der Waals surface area contributed by atoms with Crippen molar-refractivity contribution in [2.45, 2.75) is 0 Å². The van der Waals surface area contributed by atoms with E-state index in [4.69, 9.17) is 0 Å². The molecule has 1 heteroatoms. The van der Waals surface area contributed by atoms with Crippen LogP contribution in [0.4, 0.5) is 17.1 Å². The minimum absolute atomic E-state index is 1.12. The van der Waals surface area contributed by atoms with Gasteiger partial charge in [0.2, 0.25) is 0 Å². The Kier molecular flexibility index (Phi) is 6.90. The van der Waals surface area contributed by atoms with Gasteiger partial charge in [0, 0.05) is 16.8 Å². The molecule has 0 aromatic heterocycles. The third-order valence-electron chi connectivity index (χ3n) is 8.67. The van der Waals surface area contributed by atoms with Crippen LogP contribution in [-0.4, -0.2) is 0 Å². The zero-order valence-electron chi connectivity index (χ0n) is 24.8. The molecule has 0 bridgehead atoms. The lowest BCUT2D eigenvalue weighted by atomic mass is 9.87. The highest BCUT2D eigenvalue weighted by Gasteiger charge is 2.19. The van der Waals surface area contributed by atoms with E-state index in [0.29, 0.717) is 0 Å². The molecule has 0 saturated heterocycles. The lowest BCUT2D eigenvalue weighted by Gasteiger charge is -2.28. The fourth-order valence-corrected chi connectivity index (χ4v) is 6.56. The van der Waals surface area contributed by atoms with Gasteiger partial charge in [0.25, 0.3) is 0 Å². The van der Waals surface area contributed by atoms with Crippen molar-refractivity contribution in [1.82, 2.24) is 0 Å². The maximum absolute atomic E-state index is 2.37. The van der Waals surface area contributed by atoms with E-state index in [0.717, 1.165) is 17.1 Å². The predicted octanol–water partition coefficient (Wildman–Crippen LogP) is 12.5. The summed E-state index contributed by atoms with van der Waals surface area (Å²) in [7, 11) is 0. The van der Waals surface area contributed by atoms with Crippen molar-refractivity contribution in [3.8, 4) is 33.4 Å². The Morgan fingerprint density at radius 1 is 0.289 bits per heavy atom. The maximum atomic E-state index is 2.37. The Bertz CT molecular complexity index is 2240. The van der Waals surface area contributed by atoms with Crippen molar-refractivity contribution >= 4 is 38.6 Å². The Morgan fingerprint density at radius 2 is 0.800 bits per heavy atom. The van der Waals surface area contributed by atoms with E-state index >= 15 is 0 Å². The number of benzene rings is 8. The number of rotatable bonds is 6. The summed E-state index contributed by atoms with van der Waals surface area (Å²) in [5, 5.41) is 4.94. The fraction of sp³-hybridized carbons (Fsp3) is 0. The Balaban J connectivity index is 1.33. The second kappa shape index (κ2) is 11.6. The van der Waals surface area contributed by atoms with Gasteiger partial charge in [0.1, 0.15) is 0 Å². The SMILES string of the molecule is c1ccc(-c2ccc(N(c3ccccc3)c3ccc(-c4ccc5ccccc5c4-c4ccccc4)c4ccccc34)cc2)cc1. The zero-order valence-corrected chi connectivity index (χ0v) is 24.8. The zero-order chi connectivity index (χ0) is 30.0. The summed E-state index contributed by atoms with van der Waals surface area (Å²) in [5.41, 5.74) is 10.8. The molecule has 45 heavy (non-hydrogen) atoms. The van der Waals surface area contributed by atoms with Crippen LogP contribution in [0.3, 0.4) is 0 Å². The summed E-state index contributed by atoms with van der Waals surface area (Å²) in [4.78, 5) is 2.37. The van der Waals surface area contributed by atoms with E-state index in [9.17, 15) is 0 Å². The summed E-state index contributed by atoms with van der Waals surface area (Å²) in [5.74, 6) is 0. The summed E-state index contributed by atoms with van der Waals surface area (Å²) in [6.45, 7) is 0. The minimum atomic E-state index is 1.12. The van der Waals surface area contributed by atoms with Crippen LogP contribution in [-0.2, 0) is 0 Å². The van der Waals surface area contributed by atoms with Crippen LogP contribution in [0.15, 0.2) is 188 Å². The van der Waals surface area contributed by atoms with Gasteiger partial charge in [0.15, 0.2) is 0 Å². The van der Waals surface area contributed by atoms with Crippen molar-refractivity contribution in [3.05, 3.63) is 188 Å². The molecule has 0 spiro atoms. The van der Waals surface area contributed by atoms with Crippen LogP contribution in [0.1, 0.15) is 0 Å². The molecule has 8 rings (SSSR count). The van der Waals surface area contributed by atoms with Gasteiger partial charge >= 0.3 is 0 Å². The minimum Gasteiger partial charge on any atom is -0.310 e. The molecule has 8 aromatic carbocycles. The fourth-order valence-electron chi connectivity index (χ4n) is 6.56. The standard InChI is InChI=1S/C44H31N/c1-4-14-32(15-5-1)33-24-27-37(28-25-33)45(36-19-8-3-9-20-36)43-31-30-40(39-22-12-13-23-41(39)43)42-29-26-34-16-10-11-21-38(34)44(42)35-17-6-2-7-18-35/h1-31H. The third-order valence-corrected chi connectivity index (χ3v) is 8.67. The van der Waals surface area contributed by atoms with Gasteiger partial charge in [-0.15, -0.1) is 0 Å². The number of para-hydroxylation sites is 1.